The Kier molecular flexibility index (Phi) is 6.83. The maximum absolute atomic E-state index is 13.6. The molecule has 0 N–H and O–H groups in total. The lowest BCUT2D eigenvalue weighted by Gasteiger charge is -2.41. The lowest BCUT2D eigenvalue weighted by molar-refractivity contribution is -0.137. The number of benzene rings is 2. The molecule has 0 amide bonds. The van der Waals surface area contributed by atoms with E-state index >= 15 is 0 Å². The van der Waals surface area contributed by atoms with E-state index in [2.05, 4.69) is 29.0 Å². The molecule has 2 aliphatic rings. The average molecular weight is 480 g/mol. The molecule has 1 spiro atoms. The Hall–Kier alpha value is -3.04. The van der Waals surface area contributed by atoms with E-state index in [0.29, 0.717) is 29.5 Å². The van der Waals surface area contributed by atoms with Crippen LogP contribution in [0.1, 0.15) is 60.4 Å². The van der Waals surface area contributed by atoms with Crippen molar-refractivity contribution in [2.45, 2.75) is 50.6 Å². The van der Waals surface area contributed by atoms with Crippen molar-refractivity contribution in [1.29, 1.82) is 5.26 Å². The van der Waals surface area contributed by atoms with Gasteiger partial charge in [-0.1, -0.05) is 32.2 Å². The van der Waals surface area contributed by atoms with Crippen LogP contribution >= 0.6 is 0 Å². The Labute approximate surface area is 206 Å². The minimum absolute atomic E-state index is 0.146. The number of hydrogen-bond donors (Lipinski definition) is 0. The van der Waals surface area contributed by atoms with Crippen molar-refractivity contribution in [3.8, 4) is 6.07 Å². The number of likely N-dealkylation sites (N-methyl/N-ethyl adjacent to an activating group) is 1. The van der Waals surface area contributed by atoms with E-state index in [1.54, 1.807) is 12.1 Å². The van der Waals surface area contributed by atoms with Gasteiger partial charge >= 0.3 is 6.18 Å². The maximum Gasteiger partial charge on any atom is 0.417 e. The fourth-order valence-electron chi connectivity index (χ4n) is 5.61. The summed E-state index contributed by atoms with van der Waals surface area (Å²) in [5.41, 5.74) is 4.75. The van der Waals surface area contributed by atoms with Gasteiger partial charge in [0.1, 0.15) is 0 Å². The molecule has 1 saturated heterocycles. The monoisotopic (exact) mass is 479 g/mol. The third kappa shape index (κ3) is 4.62. The molecule has 0 aromatic heterocycles. The topological polar surface area (TPSA) is 30.3 Å². The van der Waals surface area contributed by atoms with Crippen LogP contribution in [0.25, 0.3) is 5.57 Å². The van der Waals surface area contributed by atoms with Gasteiger partial charge in [-0.15, -0.1) is 0 Å². The van der Waals surface area contributed by atoms with Crippen molar-refractivity contribution in [3.63, 3.8) is 0 Å². The molecule has 0 unspecified atom stereocenters. The summed E-state index contributed by atoms with van der Waals surface area (Å²) in [6.07, 6.45) is -0.650. The summed E-state index contributed by atoms with van der Waals surface area (Å²) in [4.78, 5) is 4.53. The summed E-state index contributed by atoms with van der Waals surface area (Å²) < 4.78 is 40.9. The van der Waals surface area contributed by atoms with E-state index < -0.39 is 11.7 Å². The van der Waals surface area contributed by atoms with E-state index in [4.69, 9.17) is 0 Å². The third-order valence-corrected chi connectivity index (χ3v) is 7.81. The van der Waals surface area contributed by atoms with Gasteiger partial charge in [-0.05, 0) is 98.3 Å². The zero-order valence-electron chi connectivity index (χ0n) is 20.5. The van der Waals surface area contributed by atoms with Crippen LogP contribution in [0.15, 0.2) is 55.3 Å². The molecule has 6 heteroatoms. The van der Waals surface area contributed by atoms with Crippen LogP contribution in [0.3, 0.4) is 0 Å². The lowest BCUT2D eigenvalue weighted by Crippen LogP contribution is -2.43. The normalized spacial score (nSPS) is 17.5. The summed E-state index contributed by atoms with van der Waals surface area (Å²) in [5, 5.41) is 9.38. The Morgan fingerprint density at radius 2 is 1.86 bits per heavy atom. The van der Waals surface area contributed by atoms with E-state index in [-0.39, 0.29) is 11.0 Å². The highest BCUT2D eigenvalue weighted by atomic mass is 19.4. The van der Waals surface area contributed by atoms with E-state index in [9.17, 15) is 18.4 Å². The minimum atomic E-state index is -4.39. The number of halogens is 3. The molecule has 3 nitrogen and oxygen atoms in total. The van der Waals surface area contributed by atoms with Crippen molar-refractivity contribution < 1.29 is 13.2 Å². The molecule has 0 saturated carbocycles. The van der Waals surface area contributed by atoms with Crippen molar-refractivity contribution in [3.05, 3.63) is 83.1 Å². The second kappa shape index (κ2) is 9.54. The van der Waals surface area contributed by atoms with Gasteiger partial charge in [0.25, 0.3) is 0 Å². The summed E-state index contributed by atoms with van der Waals surface area (Å²) >= 11 is 0. The molecule has 2 aromatic rings. The lowest BCUT2D eigenvalue weighted by atomic mass is 9.72. The summed E-state index contributed by atoms with van der Waals surface area (Å²) in [5.74, 6) is 0. The number of rotatable bonds is 6. The Morgan fingerprint density at radius 3 is 2.49 bits per heavy atom. The molecule has 184 valence electrons. The quantitative estimate of drug-likeness (QED) is 0.450. The Morgan fingerprint density at radius 1 is 1.14 bits per heavy atom. The van der Waals surface area contributed by atoms with Crippen LogP contribution in [0.2, 0.25) is 0 Å². The number of anilines is 1. The molecule has 2 heterocycles. The first-order valence-corrected chi connectivity index (χ1v) is 12.2. The van der Waals surface area contributed by atoms with Gasteiger partial charge in [-0.3, -0.25) is 0 Å². The Balaban J connectivity index is 1.40. The second-order valence-corrected chi connectivity index (χ2v) is 9.71. The minimum Gasteiger partial charge on any atom is -0.348 e. The average Bonchev–Trinajstić information content (AvgIpc) is 3.05. The number of alkyl halides is 3. The van der Waals surface area contributed by atoms with Gasteiger partial charge in [0, 0.05) is 23.8 Å². The molecule has 0 atom stereocenters. The predicted molar refractivity (Wildman–Crippen MR) is 135 cm³/mol. The molecule has 4 rings (SSSR count). The van der Waals surface area contributed by atoms with Crippen LogP contribution in [0.4, 0.5) is 18.9 Å². The van der Waals surface area contributed by atoms with Crippen molar-refractivity contribution in [1.82, 2.24) is 4.90 Å². The van der Waals surface area contributed by atoms with Crippen LogP contribution in [-0.2, 0) is 18.0 Å². The highest BCUT2D eigenvalue weighted by molar-refractivity contribution is 5.71. The summed E-state index contributed by atoms with van der Waals surface area (Å²) in [6.45, 7) is 12.6. The van der Waals surface area contributed by atoms with Crippen LogP contribution < -0.4 is 4.90 Å². The van der Waals surface area contributed by atoms with Gasteiger partial charge in [0.05, 0.1) is 17.2 Å². The van der Waals surface area contributed by atoms with Gasteiger partial charge in [-0.25, -0.2) is 0 Å². The number of fused-ring (bicyclic) bond motifs is 2. The number of nitrogens with zero attached hydrogens (tertiary/aromatic N) is 3. The number of aryl methyl sites for hydroxylation is 1. The standard InChI is InChI=1S/C29H32F3N3/c1-5-20(2)24-10-8-22(17-25(24)29(30,31)32)7-6-14-35-15-12-28(13-16-35)21(3)34(4)27-11-9-23(19-33)18-26(27)28/h8-11,17-18H,2-3,5-7,12-16H2,1,4H3. The first-order valence-electron chi connectivity index (χ1n) is 12.2. The zero-order valence-corrected chi connectivity index (χ0v) is 20.5. The van der Waals surface area contributed by atoms with Gasteiger partial charge in [0.2, 0.25) is 0 Å². The van der Waals surface area contributed by atoms with Crippen molar-refractivity contribution in [2.75, 3.05) is 31.6 Å². The second-order valence-electron chi connectivity index (χ2n) is 9.71. The molecule has 35 heavy (non-hydrogen) atoms. The van der Waals surface area contributed by atoms with Gasteiger partial charge < -0.3 is 9.80 Å². The molecule has 0 radical (unpaired) electrons. The molecule has 1 fully saturated rings. The highest BCUT2D eigenvalue weighted by Gasteiger charge is 2.46. The number of piperidine rings is 1. The number of nitriles is 1. The molecule has 0 aliphatic carbocycles. The summed E-state index contributed by atoms with van der Waals surface area (Å²) in [6, 6.07) is 12.8. The fourth-order valence-corrected chi connectivity index (χ4v) is 5.61. The molecule has 0 bridgehead atoms. The van der Waals surface area contributed by atoms with Gasteiger partial charge in [0.15, 0.2) is 0 Å². The number of allylic oxidation sites excluding steroid dienone is 2. The third-order valence-electron chi connectivity index (χ3n) is 7.81. The molecular weight excluding hydrogens is 447 g/mol. The summed E-state index contributed by atoms with van der Waals surface area (Å²) in [7, 11) is 2.03. The zero-order chi connectivity index (χ0) is 25.4. The van der Waals surface area contributed by atoms with E-state index in [1.807, 2.05) is 32.2 Å². The SMILES string of the molecule is C=C(CC)c1ccc(CCCN2CCC3(CC2)C(=C)N(C)c2ccc(C#N)cc23)cc1C(F)(F)F. The maximum atomic E-state index is 13.6. The van der Waals surface area contributed by atoms with Gasteiger partial charge in [-0.2, -0.15) is 18.4 Å². The molecular formula is C29H32F3N3. The van der Waals surface area contributed by atoms with E-state index in [1.165, 1.54) is 11.6 Å². The van der Waals surface area contributed by atoms with E-state index in [0.717, 1.165) is 50.3 Å². The first kappa shape index (κ1) is 25.1. The molecule has 2 aliphatic heterocycles. The van der Waals surface area contributed by atoms with Crippen LogP contribution in [0.5, 0.6) is 0 Å². The fraction of sp³-hybridized carbons (Fsp3) is 0.414. The number of likely N-dealkylation sites (tertiary alicyclic amines) is 1. The highest BCUT2D eigenvalue weighted by Crippen LogP contribution is 2.52. The Bertz CT molecular complexity index is 1180. The van der Waals surface area contributed by atoms with Crippen molar-refractivity contribution in [2.24, 2.45) is 0 Å². The van der Waals surface area contributed by atoms with Crippen LogP contribution in [-0.4, -0.2) is 31.6 Å². The van der Waals surface area contributed by atoms with Crippen molar-refractivity contribution >= 4 is 11.3 Å². The number of hydrogen-bond acceptors (Lipinski definition) is 3. The molecule has 2 aromatic carbocycles. The largest absolute Gasteiger partial charge is 0.417 e. The predicted octanol–water partition coefficient (Wildman–Crippen LogP) is 6.93. The van der Waals surface area contributed by atoms with Crippen LogP contribution in [0, 0.1) is 11.3 Å². The first-order chi connectivity index (χ1) is 16.6. The smallest absolute Gasteiger partial charge is 0.348 e.